The van der Waals surface area contributed by atoms with Gasteiger partial charge in [0.15, 0.2) is 0 Å². The van der Waals surface area contributed by atoms with E-state index in [0.29, 0.717) is 18.6 Å². The van der Waals surface area contributed by atoms with Crippen LogP contribution in [0.25, 0.3) is 0 Å². The van der Waals surface area contributed by atoms with Gasteiger partial charge in [-0.2, -0.15) is 0 Å². The summed E-state index contributed by atoms with van der Waals surface area (Å²) in [5.41, 5.74) is 0.535. The molecule has 1 N–H and O–H groups in total. The molecular weight excluding hydrogens is 228 g/mol. The van der Waals surface area contributed by atoms with Crippen LogP contribution in [0.3, 0.4) is 0 Å². The molecule has 18 heavy (non-hydrogen) atoms. The van der Waals surface area contributed by atoms with E-state index in [0.717, 1.165) is 12.3 Å². The number of ether oxygens (including phenoxy) is 1. The molecule has 108 valence electrons. The Balaban J connectivity index is 0.000000411. The Morgan fingerprint density at radius 2 is 2.06 bits per heavy atom. The third kappa shape index (κ3) is 7.70. The first-order valence-electron chi connectivity index (χ1n) is 7.18. The van der Waals surface area contributed by atoms with Crippen molar-refractivity contribution in [1.82, 2.24) is 0 Å². The van der Waals surface area contributed by atoms with Gasteiger partial charge in [0, 0.05) is 13.5 Å². The zero-order valence-corrected chi connectivity index (χ0v) is 12.5. The number of carbonyl (C=O) groups excluding carboxylic acids is 1. The molecular formula is C15H30O3. The van der Waals surface area contributed by atoms with Crippen molar-refractivity contribution in [3.8, 4) is 0 Å². The average Bonchev–Trinajstić information content (AvgIpc) is 2.28. The number of aliphatic hydroxyl groups excluding tert-OH is 1. The summed E-state index contributed by atoms with van der Waals surface area (Å²) in [5, 5.41) is 8.77. The van der Waals surface area contributed by atoms with Gasteiger partial charge in [-0.25, -0.2) is 0 Å². The van der Waals surface area contributed by atoms with Gasteiger partial charge < -0.3 is 9.84 Å². The van der Waals surface area contributed by atoms with Crippen molar-refractivity contribution in [2.75, 3.05) is 13.2 Å². The van der Waals surface area contributed by atoms with E-state index in [4.69, 9.17) is 5.11 Å². The van der Waals surface area contributed by atoms with Crippen molar-refractivity contribution in [2.24, 2.45) is 11.3 Å². The smallest absolute Gasteiger partial charge is 0.302 e. The molecule has 1 atom stereocenters. The molecule has 0 spiro atoms. The fraction of sp³-hybridized carbons (Fsp3) is 0.933. The van der Waals surface area contributed by atoms with E-state index in [2.05, 4.69) is 18.6 Å². The van der Waals surface area contributed by atoms with Crippen LogP contribution in [-0.2, 0) is 9.53 Å². The number of carbonyl (C=O) groups is 1. The van der Waals surface area contributed by atoms with Crippen molar-refractivity contribution in [1.29, 1.82) is 0 Å². The molecule has 0 heterocycles. The van der Waals surface area contributed by atoms with E-state index in [1.807, 2.05) is 0 Å². The van der Waals surface area contributed by atoms with Crippen LogP contribution >= 0.6 is 0 Å². The molecule has 1 aliphatic rings. The summed E-state index contributed by atoms with van der Waals surface area (Å²) in [6, 6.07) is 0. The lowest BCUT2D eigenvalue weighted by Gasteiger charge is -2.38. The van der Waals surface area contributed by atoms with Crippen LogP contribution in [0.5, 0.6) is 0 Å². The minimum atomic E-state index is -0.211. The van der Waals surface area contributed by atoms with E-state index in [-0.39, 0.29) is 5.97 Å². The van der Waals surface area contributed by atoms with Gasteiger partial charge >= 0.3 is 5.97 Å². The highest BCUT2D eigenvalue weighted by molar-refractivity contribution is 5.65. The standard InChI is InChI=1S/C11H22O.C4H8O2/c1-11(2)8-4-3-6-10(11)7-5-9-12;1-3-6-4(2)5/h10,12H,3-9H2,1-2H3;3H2,1-2H3. The van der Waals surface area contributed by atoms with Crippen LogP contribution in [0, 0.1) is 11.3 Å². The molecule has 0 amide bonds. The first kappa shape index (κ1) is 17.4. The molecule has 1 rings (SSSR count). The molecule has 3 heteroatoms. The topological polar surface area (TPSA) is 46.5 Å². The van der Waals surface area contributed by atoms with Gasteiger partial charge in [0.05, 0.1) is 6.61 Å². The van der Waals surface area contributed by atoms with Gasteiger partial charge in [0.1, 0.15) is 0 Å². The predicted octanol–water partition coefficient (Wildman–Crippen LogP) is 3.54. The maximum absolute atomic E-state index is 9.82. The van der Waals surface area contributed by atoms with Crippen LogP contribution in [0.4, 0.5) is 0 Å². The molecule has 0 saturated heterocycles. The Kier molecular flexibility index (Phi) is 9.08. The number of hydrogen-bond acceptors (Lipinski definition) is 3. The third-order valence-electron chi connectivity index (χ3n) is 3.79. The summed E-state index contributed by atoms with van der Waals surface area (Å²) in [6.45, 7) is 8.79. The SMILES string of the molecule is CC1(C)CCCCC1CCCO.CCOC(C)=O. The molecule has 0 radical (unpaired) electrons. The minimum Gasteiger partial charge on any atom is -0.466 e. The minimum absolute atomic E-state index is 0.211. The number of rotatable bonds is 4. The van der Waals surface area contributed by atoms with Gasteiger partial charge in [-0.3, -0.25) is 4.79 Å². The van der Waals surface area contributed by atoms with Crippen molar-refractivity contribution in [2.45, 2.75) is 66.2 Å². The fourth-order valence-electron chi connectivity index (χ4n) is 2.64. The van der Waals surface area contributed by atoms with Crippen molar-refractivity contribution in [3.63, 3.8) is 0 Å². The van der Waals surface area contributed by atoms with Gasteiger partial charge in [-0.1, -0.05) is 26.7 Å². The van der Waals surface area contributed by atoms with Crippen LogP contribution in [-0.4, -0.2) is 24.3 Å². The highest BCUT2D eigenvalue weighted by atomic mass is 16.5. The molecule has 0 aromatic carbocycles. The Labute approximate surface area is 112 Å². The molecule has 0 aromatic heterocycles. The van der Waals surface area contributed by atoms with E-state index >= 15 is 0 Å². The van der Waals surface area contributed by atoms with E-state index in [1.165, 1.54) is 39.0 Å². The second-order valence-electron chi connectivity index (χ2n) is 5.72. The summed E-state index contributed by atoms with van der Waals surface area (Å²) in [7, 11) is 0. The van der Waals surface area contributed by atoms with Crippen molar-refractivity contribution >= 4 is 5.97 Å². The monoisotopic (exact) mass is 258 g/mol. The molecule has 1 saturated carbocycles. The Morgan fingerprint density at radius 1 is 1.39 bits per heavy atom. The molecule has 0 aromatic rings. The highest BCUT2D eigenvalue weighted by Crippen LogP contribution is 2.42. The molecule has 1 aliphatic carbocycles. The number of hydrogen-bond donors (Lipinski definition) is 1. The van der Waals surface area contributed by atoms with Crippen LogP contribution in [0.1, 0.15) is 66.2 Å². The number of esters is 1. The van der Waals surface area contributed by atoms with E-state index < -0.39 is 0 Å². The molecule has 0 aliphatic heterocycles. The van der Waals surface area contributed by atoms with Gasteiger partial charge in [-0.05, 0) is 43.9 Å². The third-order valence-corrected chi connectivity index (χ3v) is 3.79. The fourth-order valence-corrected chi connectivity index (χ4v) is 2.64. The summed E-state index contributed by atoms with van der Waals surface area (Å²) < 4.78 is 4.40. The summed E-state index contributed by atoms with van der Waals surface area (Å²) >= 11 is 0. The maximum atomic E-state index is 9.82. The zero-order chi connectivity index (χ0) is 14.0. The van der Waals surface area contributed by atoms with Gasteiger partial charge in [-0.15, -0.1) is 0 Å². The highest BCUT2D eigenvalue weighted by Gasteiger charge is 2.31. The Hall–Kier alpha value is -0.570. The molecule has 1 unspecified atom stereocenters. The summed E-state index contributed by atoms with van der Waals surface area (Å²) in [5.74, 6) is 0.649. The molecule has 1 fully saturated rings. The first-order valence-corrected chi connectivity index (χ1v) is 7.18. The Bertz CT molecular complexity index is 224. The average molecular weight is 258 g/mol. The van der Waals surface area contributed by atoms with Crippen molar-refractivity contribution in [3.05, 3.63) is 0 Å². The van der Waals surface area contributed by atoms with Crippen LogP contribution in [0.2, 0.25) is 0 Å². The molecule has 3 nitrogen and oxygen atoms in total. The second-order valence-corrected chi connectivity index (χ2v) is 5.72. The lowest BCUT2D eigenvalue weighted by atomic mass is 9.67. The zero-order valence-electron chi connectivity index (χ0n) is 12.5. The largest absolute Gasteiger partial charge is 0.466 e. The predicted molar refractivity (Wildman–Crippen MR) is 74.4 cm³/mol. The lowest BCUT2D eigenvalue weighted by molar-refractivity contribution is -0.140. The summed E-state index contributed by atoms with van der Waals surface area (Å²) in [4.78, 5) is 9.82. The molecule has 0 bridgehead atoms. The normalized spacial score (nSPS) is 21.7. The lowest BCUT2D eigenvalue weighted by Crippen LogP contribution is -2.27. The number of aliphatic hydroxyl groups is 1. The van der Waals surface area contributed by atoms with E-state index in [1.54, 1.807) is 6.92 Å². The van der Waals surface area contributed by atoms with Crippen molar-refractivity contribution < 1.29 is 14.6 Å². The Morgan fingerprint density at radius 3 is 2.44 bits per heavy atom. The summed E-state index contributed by atoms with van der Waals surface area (Å²) in [6.07, 6.45) is 7.79. The quantitative estimate of drug-likeness (QED) is 0.784. The maximum Gasteiger partial charge on any atom is 0.302 e. The van der Waals surface area contributed by atoms with Gasteiger partial charge in [0.2, 0.25) is 0 Å². The first-order chi connectivity index (χ1) is 8.44. The second kappa shape index (κ2) is 9.37. The van der Waals surface area contributed by atoms with Crippen LogP contribution < -0.4 is 0 Å². The van der Waals surface area contributed by atoms with Gasteiger partial charge in [0.25, 0.3) is 0 Å². The van der Waals surface area contributed by atoms with E-state index in [9.17, 15) is 4.79 Å². The van der Waals surface area contributed by atoms with Crippen LogP contribution in [0.15, 0.2) is 0 Å².